The lowest BCUT2D eigenvalue weighted by Gasteiger charge is -2.41. The summed E-state index contributed by atoms with van der Waals surface area (Å²) >= 11 is 0. The first-order valence-corrected chi connectivity index (χ1v) is 4.33. The van der Waals surface area contributed by atoms with Gasteiger partial charge in [0.2, 0.25) is 0 Å². The number of nitrogens with zero attached hydrogens (tertiary/aromatic N) is 1. The van der Waals surface area contributed by atoms with E-state index in [9.17, 15) is 4.79 Å². The third-order valence-electron chi connectivity index (χ3n) is 2.21. The lowest BCUT2D eigenvalue weighted by Crippen LogP contribution is -2.63. The van der Waals surface area contributed by atoms with Crippen LogP contribution < -0.4 is 5.32 Å². The second kappa shape index (κ2) is 3.87. The molecule has 2 N–H and O–H groups in total. The van der Waals surface area contributed by atoms with Crippen LogP contribution in [0.4, 0.5) is 0 Å². The highest BCUT2D eigenvalue weighted by Gasteiger charge is 2.42. The van der Waals surface area contributed by atoms with Gasteiger partial charge in [-0.05, 0) is 27.7 Å². The van der Waals surface area contributed by atoms with Crippen LogP contribution in [0.5, 0.6) is 0 Å². The van der Waals surface area contributed by atoms with E-state index < -0.39 is 5.54 Å². The third-order valence-corrected chi connectivity index (χ3v) is 2.21. The van der Waals surface area contributed by atoms with E-state index in [4.69, 9.17) is 5.21 Å². The molecule has 0 atom stereocenters. The van der Waals surface area contributed by atoms with E-state index in [1.807, 2.05) is 13.8 Å². The Morgan fingerprint density at radius 3 is 2.29 bits per heavy atom. The summed E-state index contributed by atoms with van der Waals surface area (Å²) in [5.74, 6) is -0.130. The first-order chi connectivity index (χ1) is 5.78. The number of carbonyl (C=O) groups excluding carboxylic acids is 1. The first-order valence-electron chi connectivity index (χ1n) is 4.33. The van der Waals surface area contributed by atoms with Gasteiger partial charge >= 0.3 is 0 Å². The minimum atomic E-state index is -0.636. The van der Waals surface area contributed by atoms with Crippen LogP contribution in [-0.2, 0) is 4.79 Å². The number of hydrogen-bond acceptors (Lipinski definition) is 4. The van der Waals surface area contributed by atoms with Crippen molar-refractivity contribution in [2.24, 2.45) is 5.16 Å². The molecule has 1 heterocycles. The molecule has 0 saturated carbocycles. The van der Waals surface area contributed by atoms with Crippen molar-refractivity contribution in [3.63, 3.8) is 0 Å². The highest BCUT2D eigenvalue weighted by Crippen LogP contribution is 2.23. The summed E-state index contributed by atoms with van der Waals surface area (Å²) in [4.78, 5) is 11.6. The standard InChI is InChI=1S/C9H16N2O2.ClH/c1-8(2)5-6(10-13)7(12)9(3,4)11-8;/h11,13H,5H2,1-4H3;1H/b10-6-;. The van der Waals surface area contributed by atoms with E-state index >= 15 is 0 Å². The van der Waals surface area contributed by atoms with Gasteiger partial charge in [0, 0.05) is 12.0 Å². The van der Waals surface area contributed by atoms with E-state index in [-0.39, 0.29) is 29.4 Å². The summed E-state index contributed by atoms with van der Waals surface area (Å²) < 4.78 is 0. The topological polar surface area (TPSA) is 61.7 Å². The van der Waals surface area contributed by atoms with Crippen molar-refractivity contribution >= 4 is 23.9 Å². The van der Waals surface area contributed by atoms with E-state index in [0.29, 0.717) is 6.42 Å². The SMILES string of the molecule is CC1(C)C/C(=N/O)C(=O)C(C)(C)N1.Cl. The molecule has 0 spiro atoms. The van der Waals surface area contributed by atoms with Crippen molar-refractivity contribution < 1.29 is 10.0 Å². The van der Waals surface area contributed by atoms with Crippen molar-refractivity contribution in [1.82, 2.24) is 5.32 Å². The fourth-order valence-corrected chi connectivity index (χ4v) is 1.89. The van der Waals surface area contributed by atoms with Gasteiger partial charge in [-0.3, -0.25) is 10.1 Å². The van der Waals surface area contributed by atoms with Gasteiger partial charge in [0.15, 0.2) is 5.78 Å². The Bertz CT molecular complexity index is 272. The molecular weight excluding hydrogens is 204 g/mol. The molecule has 0 aromatic heterocycles. The first kappa shape index (κ1) is 13.4. The number of nitrogens with one attached hydrogen (secondary N) is 1. The third kappa shape index (κ3) is 2.45. The Labute approximate surface area is 90.2 Å². The molecule has 0 unspecified atom stereocenters. The van der Waals surface area contributed by atoms with Crippen molar-refractivity contribution in [3.8, 4) is 0 Å². The second-order valence-electron chi connectivity index (χ2n) is 4.69. The van der Waals surface area contributed by atoms with E-state index in [0.717, 1.165) is 0 Å². The Morgan fingerprint density at radius 1 is 1.36 bits per heavy atom. The van der Waals surface area contributed by atoms with Gasteiger partial charge < -0.3 is 5.21 Å². The number of hydrogen-bond donors (Lipinski definition) is 2. The van der Waals surface area contributed by atoms with Gasteiger partial charge in [-0.2, -0.15) is 0 Å². The summed E-state index contributed by atoms with van der Waals surface area (Å²) in [5, 5.41) is 14.9. The zero-order valence-electron chi connectivity index (χ0n) is 8.92. The molecule has 0 aliphatic carbocycles. The molecule has 1 aliphatic heterocycles. The highest BCUT2D eigenvalue weighted by molar-refractivity contribution is 6.43. The van der Waals surface area contributed by atoms with Crippen LogP contribution in [-0.4, -0.2) is 27.8 Å². The minimum Gasteiger partial charge on any atom is -0.411 e. The number of ketones is 1. The van der Waals surface area contributed by atoms with Crippen LogP contribution in [0.1, 0.15) is 34.1 Å². The van der Waals surface area contributed by atoms with Crippen molar-refractivity contribution in [2.45, 2.75) is 45.2 Å². The summed E-state index contributed by atoms with van der Waals surface area (Å²) in [6, 6.07) is 0. The Morgan fingerprint density at radius 2 is 1.86 bits per heavy atom. The van der Waals surface area contributed by atoms with Gasteiger partial charge in [0.05, 0.1) is 5.54 Å². The maximum atomic E-state index is 11.6. The van der Waals surface area contributed by atoms with Gasteiger partial charge in [-0.1, -0.05) is 5.16 Å². The molecule has 82 valence electrons. The predicted octanol–water partition coefficient (Wildman–Crippen LogP) is 1.36. The van der Waals surface area contributed by atoms with Crippen molar-refractivity contribution in [3.05, 3.63) is 0 Å². The molecule has 0 bridgehead atoms. The van der Waals surface area contributed by atoms with Gasteiger partial charge in [0.25, 0.3) is 0 Å². The lowest BCUT2D eigenvalue weighted by molar-refractivity contribution is -0.119. The van der Waals surface area contributed by atoms with Crippen LogP contribution in [0, 0.1) is 0 Å². The monoisotopic (exact) mass is 220 g/mol. The molecule has 1 rings (SSSR count). The molecule has 1 saturated heterocycles. The number of carbonyl (C=O) groups is 1. The number of halogens is 1. The van der Waals surface area contributed by atoms with E-state index in [1.54, 1.807) is 13.8 Å². The zero-order valence-corrected chi connectivity index (χ0v) is 9.73. The predicted molar refractivity (Wildman–Crippen MR) is 57.4 cm³/mol. The zero-order chi connectivity index (χ0) is 10.3. The molecule has 0 amide bonds. The van der Waals surface area contributed by atoms with Crippen LogP contribution in [0.2, 0.25) is 0 Å². The molecule has 0 radical (unpaired) electrons. The normalized spacial score (nSPS) is 27.1. The number of piperidine rings is 1. The largest absolute Gasteiger partial charge is 0.411 e. The molecule has 1 fully saturated rings. The van der Waals surface area contributed by atoms with Gasteiger partial charge in [-0.25, -0.2) is 0 Å². The molecule has 5 heteroatoms. The fourth-order valence-electron chi connectivity index (χ4n) is 1.89. The van der Waals surface area contributed by atoms with E-state index in [2.05, 4.69) is 10.5 Å². The second-order valence-corrected chi connectivity index (χ2v) is 4.69. The Balaban J connectivity index is 0.00000169. The average Bonchev–Trinajstić information content (AvgIpc) is 1.95. The van der Waals surface area contributed by atoms with Crippen LogP contribution in [0.3, 0.4) is 0 Å². The summed E-state index contributed by atoms with van der Waals surface area (Å²) in [7, 11) is 0. The molecule has 14 heavy (non-hydrogen) atoms. The Kier molecular flexibility index (Phi) is 3.70. The van der Waals surface area contributed by atoms with Crippen LogP contribution in [0.15, 0.2) is 5.16 Å². The number of rotatable bonds is 0. The molecule has 1 aliphatic rings. The number of Topliss-reactive ketones (excluding diaryl/α,β-unsaturated/α-hetero) is 1. The van der Waals surface area contributed by atoms with E-state index in [1.165, 1.54) is 0 Å². The smallest absolute Gasteiger partial charge is 0.199 e. The number of oxime groups is 1. The van der Waals surface area contributed by atoms with Crippen LogP contribution in [0.25, 0.3) is 0 Å². The van der Waals surface area contributed by atoms with Crippen LogP contribution >= 0.6 is 12.4 Å². The summed E-state index contributed by atoms with van der Waals surface area (Å²) in [6.07, 6.45) is 0.464. The molecule has 4 nitrogen and oxygen atoms in total. The Hall–Kier alpha value is -0.610. The molecule has 0 aromatic carbocycles. The average molecular weight is 221 g/mol. The fraction of sp³-hybridized carbons (Fsp3) is 0.778. The van der Waals surface area contributed by atoms with Crippen molar-refractivity contribution in [2.75, 3.05) is 0 Å². The molecule has 0 aromatic rings. The molecular formula is C9H17ClN2O2. The van der Waals surface area contributed by atoms with Gasteiger partial charge in [0.1, 0.15) is 5.71 Å². The quantitative estimate of drug-likeness (QED) is 0.479. The maximum Gasteiger partial charge on any atom is 0.199 e. The highest BCUT2D eigenvalue weighted by atomic mass is 35.5. The summed E-state index contributed by atoms with van der Waals surface area (Å²) in [6.45, 7) is 7.54. The summed E-state index contributed by atoms with van der Waals surface area (Å²) in [5.41, 5.74) is -0.573. The maximum absolute atomic E-state index is 11.6. The van der Waals surface area contributed by atoms with Gasteiger partial charge in [-0.15, -0.1) is 12.4 Å². The minimum absolute atomic E-state index is 0. The van der Waals surface area contributed by atoms with Crippen molar-refractivity contribution in [1.29, 1.82) is 0 Å². The lowest BCUT2D eigenvalue weighted by atomic mass is 9.80.